The van der Waals surface area contributed by atoms with Crippen LogP contribution in [0.15, 0.2) is 60.7 Å². The highest BCUT2D eigenvalue weighted by Gasteiger charge is 2.07. The maximum atomic E-state index is 12.0. The van der Waals surface area contributed by atoms with Gasteiger partial charge in [-0.2, -0.15) is 0 Å². The van der Waals surface area contributed by atoms with E-state index in [0.717, 1.165) is 10.6 Å². The number of hydrogen-bond acceptors (Lipinski definition) is 4. The van der Waals surface area contributed by atoms with Crippen LogP contribution in [0, 0.1) is 6.92 Å². The Hall–Kier alpha value is -2.79. The van der Waals surface area contributed by atoms with E-state index in [2.05, 4.69) is 15.5 Å². The highest BCUT2D eigenvalue weighted by Crippen LogP contribution is 2.18. The van der Waals surface area contributed by atoms with E-state index in [-0.39, 0.29) is 5.91 Å². The zero-order chi connectivity index (χ0) is 16.8. The molecular weight excluding hydrogens is 318 g/mol. The number of carbonyl (C=O) groups excluding carboxylic acids is 1. The molecule has 0 spiro atoms. The van der Waals surface area contributed by atoms with Crippen molar-refractivity contribution in [1.82, 2.24) is 10.2 Å². The van der Waals surface area contributed by atoms with Crippen LogP contribution in [-0.2, 0) is 11.2 Å². The maximum Gasteiger partial charge on any atom is 0.250 e. The largest absolute Gasteiger partial charge is 0.297 e. The predicted molar refractivity (Wildman–Crippen MR) is 98.0 cm³/mol. The van der Waals surface area contributed by atoms with Gasteiger partial charge >= 0.3 is 0 Å². The first-order valence-electron chi connectivity index (χ1n) is 7.61. The van der Waals surface area contributed by atoms with Crippen LogP contribution in [-0.4, -0.2) is 16.1 Å². The molecule has 0 saturated heterocycles. The first-order valence-corrected chi connectivity index (χ1v) is 8.43. The first-order chi connectivity index (χ1) is 11.7. The lowest BCUT2D eigenvalue weighted by molar-refractivity contribution is -0.111. The van der Waals surface area contributed by atoms with Crippen molar-refractivity contribution in [2.75, 3.05) is 5.32 Å². The molecule has 5 heteroatoms. The summed E-state index contributed by atoms with van der Waals surface area (Å²) in [6, 6.07) is 18.0. The first kappa shape index (κ1) is 16.1. The number of benzene rings is 2. The molecule has 0 unspecified atom stereocenters. The van der Waals surface area contributed by atoms with E-state index in [0.29, 0.717) is 11.6 Å². The van der Waals surface area contributed by atoms with Gasteiger partial charge in [0.05, 0.1) is 0 Å². The molecule has 1 heterocycles. The van der Waals surface area contributed by atoms with E-state index in [1.54, 1.807) is 6.08 Å². The molecule has 3 aromatic rings. The monoisotopic (exact) mass is 335 g/mol. The molecule has 0 bridgehead atoms. The molecule has 3 rings (SSSR count). The Labute approximate surface area is 144 Å². The van der Waals surface area contributed by atoms with Crippen LogP contribution in [0.3, 0.4) is 0 Å². The van der Waals surface area contributed by atoms with Crippen molar-refractivity contribution in [3.63, 3.8) is 0 Å². The van der Waals surface area contributed by atoms with Gasteiger partial charge in [0.15, 0.2) is 0 Å². The third-order valence-corrected chi connectivity index (χ3v) is 4.24. The Morgan fingerprint density at radius 2 is 1.83 bits per heavy atom. The predicted octanol–water partition coefficient (Wildman–Crippen LogP) is 4.09. The summed E-state index contributed by atoms with van der Waals surface area (Å²) in [6.45, 7) is 2.03. The molecule has 24 heavy (non-hydrogen) atoms. The molecule has 4 nitrogen and oxygen atoms in total. The highest BCUT2D eigenvalue weighted by atomic mass is 32.1. The third-order valence-electron chi connectivity index (χ3n) is 3.40. The fourth-order valence-corrected chi connectivity index (χ4v) is 2.92. The Kier molecular flexibility index (Phi) is 5.13. The zero-order valence-corrected chi connectivity index (χ0v) is 14.1. The number of carbonyl (C=O) groups is 1. The Bertz CT molecular complexity index is 839. The van der Waals surface area contributed by atoms with Gasteiger partial charge in [0.2, 0.25) is 11.0 Å². The van der Waals surface area contributed by atoms with Gasteiger partial charge in [-0.25, -0.2) is 0 Å². The number of nitrogens with zero attached hydrogens (tertiary/aromatic N) is 2. The lowest BCUT2D eigenvalue weighted by atomic mass is 10.1. The van der Waals surface area contributed by atoms with Gasteiger partial charge in [0.1, 0.15) is 5.01 Å². The van der Waals surface area contributed by atoms with Crippen molar-refractivity contribution in [3.8, 4) is 0 Å². The normalized spacial score (nSPS) is 10.9. The number of nitrogens with one attached hydrogen (secondary N) is 1. The molecule has 1 amide bonds. The average Bonchev–Trinajstić information content (AvgIpc) is 3.02. The summed E-state index contributed by atoms with van der Waals surface area (Å²) in [6.07, 6.45) is 4.00. The van der Waals surface area contributed by atoms with E-state index >= 15 is 0 Å². The van der Waals surface area contributed by atoms with Gasteiger partial charge in [0.25, 0.3) is 0 Å². The molecule has 0 saturated carbocycles. The Balaban J connectivity index is 1.58. The summed E-state index contributed by atoms with van der Waals surface area (Å²) in [5.41, 5.74) is 3.35. The second kappa shape index (κ2) is 7.66. The van der Waals surface area contributed by atoms with Gasteiger partial charge in [-0.15, -0.1) is 10.2 Å². The topological polar surface area (TPSA) is 54.9 Å². The molecule has 1 aromatic heterocycles. The molecule has 0 aliphatic rings. The molecule has 0 fully saturated rings. The molecule has 0 aliphatic carbocycles. The highest BCUT2D eigenvalue weighted by molar-refractivity contribution is 7.15. The van der Waals surface area contributed by atoms with Crippen LogP contribution < -0.4 is 5.32 Å². The fraction of sp³-hybridized carbons (Fsp3) is 0.105. The second-order valence-corrected chi connectivity index (χ2v) is 6.46. The quantitative estimate of drug-likeness (QED) is 0.715. The Morgan fingerprint density at radius 3 is 2.58 bits per heavy atom. The average molecular weight is 335 g/mol. The standard InChI is InChI=1S/C19H17N3OS/c1-14-7-9-15(10-8-14)11-12-17(23)20-19-22-21-18(24-19)13-16-5-3-2-4-6-16/h2-12H,13H2,1H3,(H,20,22,23)/b12-11+. The molecule has 1 N–H and O–H groups in total. The van der Waals surface area contributed by atoms with Crippen LogP contribution in [0.1, 0.15) is 21.7 Å². The van der Waals surface area contributed by atoms with Crippen molar-refractivity contribution < 1.29 is 4.79 Å². The second-order valence-electron chi connectivity index (χ2n) is 5.40. The lowest BCUT2D eigenvalue weighted by Gasteiger charge is -1.96. The molecule has 120 valence electrons. The molecule has 0 aliphatic heterocycles. The Morgan fingerprint density at radius 1 is 1.08 bits per heavy atom. The smallest absolute Gasteiger partial charge is 0.250 e. The number of anilines is 1. The summed E-state index contributed by atoms with van der Waals surface area (Å²) < 4.78 is 0. The molecule has 0 radical (unpaired) electrons. The molecule has 2 aromatic carbocycles. The summed E-state index contributed by atoms with van der Waals surface area (Å²) in [5.74, 6) is -0.210. The summed E-state index contributed by atoms with van der Waals surface area (Å²) in [4.78, 5) is 12.0. The SMILES string of the molecule is Cc1ccc(/C=C/C(=O)Nc2nnc(Cc3ccccc3)s2)cc1. The van der Waals surface area contributed by atoms with Crippen molar-refractivity contribution in [3.05, 3.63) is 82.4 Å². The van der Waals surface area contributed by atoms with Gasteiger partial charge in [-0.3, -0.25) is 10.1 Å². The lowest BCUT2D eigenvalue weighted by Crippen LogP contribution is -2.07. The van der Waals surface area contributed by atoms with Crippen LogP contribution in [0.4, 0.5) is 5.13 Å². The van der Waals surface area contributed by atoms with Gasteiger partial charge in [0, 0.05) is 12.5 Å². The van der Waals surface area contributed by atoms with Crippen LogP contribution in [0.25, 0.3) is 6.08 Å². The zero-order valence-electron chi connectivity index (χ0n) is 13.3. The van der Waals surface area contributed by atoms with Gasteiger partial charge in [-0.1, -0.05) is 71.5 Å². The number of rotatable bonds is 5. The van der Waals surface area contributed by atoms with Crippen LogP contribution >= 0.6 is 11.3 Å². The van der Waals surface area contributed by atoms with Crippen molar-refractivity contribution in [1.29, 1.82) is 0 Å². The minimum atomic E-state index is -0.210. The van der Waals surface area contributed by atoms with Crippen molar-refractivity contribution in [2.45, 2.75) is 13.3 Å². The molecule has 0 atom stereocenters. The van der Waals surface area contributed by atoms with Crippen LogP contribution in [0.5, 0.6) is 0 Å². The number of aromatic nitrogens is 2. The minimum Gasteiger partial charge on any atom is -0.297 e. The van der Waals surface area contributed by atoms with E-state index < -0.39 is 0 Å². The number of amides is 1. The van der Waals surface area contributed by atoms with Crippen molar-refractivity contribution >= 4 is 28.5 Å². The van der Waals surface area contributed by atoms with E-state index in [1.807, 2.05) is 61.5 Å². The fourth-order valence-electron chi connectivity index (χ4n) is 2.14. The van der Waals surface area contributed by atoms with E-state index in [1.165, 1.54) is 28.5 Å². The molecular formula is C19H17N3OS. The van der Waals surface area contributed by atoms with Gasteiger partial charge < -0.3 is 0 Å². The van der Waals surface area contributed by atoms with E-state index in [4.69, 9.17) is 0 Å². The van der Waals surface area contributed by atoms with E-state index in [9.17, 15) is 4.79 Å². The third kappa shape index (κ3) is 4.60. The van der Waals surface area contributed by atoms with Crippen molar-refractivity contribution in [2.24, 2.45) is 0 Å². The van der Waals surface area contributed by atoms with Crippen LogP contribution in [0.2, 0.25) is 0 Å². The van der Waals surface area contributed by atoms with Gasteiger partial charge in [-0.05, 0) is 24.1 Å². The number of hydrogen-bond donors (Lipinski definition) is 1. The summed E-state index contributed by atoms with van der Waals surface area (Å²) >= 11 is 1.39. The summed E-state index contributed by atoms with van der Waals surface area (Å²) in [7, 11) is 0. The minimum absolute atomic E-state index is 0.210. The number of aryl methyl sites for hydroxylation is 1. The summed E-state index contributed by atoms with van der Waals surface area (Å²) in [5, 5.41) is 12.3. The maximum absolute atomic E-state index is 12.0.